The molecule has 0 spiro atoms. The number of fused-ring (bicyclic) bond motifs is 2. The second-order valence-electron chi connectivity index (χ2n) is 9.78. The molecule has 6 heterocycles. The lowest BCUT2D eigenvalue weighted by atomic mass is 10.2. The molecule has 6 rings (SSSR count). The summed E-state index contributed by atoms with van der Waals surface area (Å²) in [6, 6.07) is 11.9. The topological polar surface area (TPSA) is 95.2 Å². The molecule has 0 unspecified atom stereocenters. The number of ether oxygens (including phenoxy) is 1. The van der Waals surface area contributed by atoms with Crippen molar-refractivity contribution in [1.82, 2.24) is 24.4 Å². The monoisotopic (exact) mass is 511 g/mol. The van der Waals surface area contributed by atoms with Gasteiger partial charge in [-0.3, -0.25) is 4.79 Å². The number of aryl methyl sites for hydroxylation is 1. The lowest BCUT2D eigenvalue weighted by Gasteiger charge is -2.31. The van der Waals surface area contributed by atoms with Crippen LogP contribution in [0.1, 0.15) is 5.69 Å². The molecule has 2 N–H and O–H groups in total. The molecule has 0 bridgehead atoms. The van der Waals surface area contributed by atoms with Crippen LogP contribution < -0.4 is 20.3 Å². The number of H-pyrrole nitrogens is 1. The van der Waals surface area contributed by atoms with Crippen molar-refractivity contribution >= 4 is 39.1 Å². The number of hydrogen-bond donors (Lipinski definition) is 2. The highest BCUT2D eigenvalue weighted by molar-refractivity contribution is 5.91. The number of rotatable bonds is 6. The number of aromatic amines is 1. The van der Waals surface area contributed by atoms with Crippen molar-refractivity contribution in [1.29, 1.82) is 0 Å². The van der Waals surface area contributed by atoms with Gasteiger partial charge in [0.05, 0.1) is 35.7 Å². The lowest BCUT2D eigenvalue weighted by Crippen LogP contribution is -2.37. The van der Waals surface area contributed by atoms with Crippen molar-refractivity contribution in [3.05, 3.63) is 77.2 Å². The van der Waals surface area contributed by atoms with Crippen LogP contribution in [-0.2, 0) is 18.3 Å². The maximum atomic E-state index is 13.1. The third-order valence-corrected chi connectivity index (χ3v) is 6.89. The summed E-state index contributed by atoms with van der Waals surface area (Å²) >= 11 is 0. The van der Waals surface area contributed by atoms with Crippen molar-refractivity contribution in [3.63, 3.8) is 0 Å². The Kier molecular flexibility index (Phi) is 6.26. The van der Waals surface area contributed by atoms with Crippen molar-refractivity contribution < 1.29 is 9.30 Å². The van der Waals surface area contributed by atoms with Gasteiger partial charge in [-0.15, -0.1) is 0 Å². The van der Waals surface area contributed by atoms with Crippen LogP contribution in [-0.4, -0.2) is 64.8 Å². The van der Waals surface area contributed by atoms with E-state index >= 15 is 0 Å². The number of anilines is 3. The van der Waals surface area contributed by atoms with E-state index in [1.807, 2.05) is 73.0 Å². The molecular formula is C28H31N8O2+. The average molecular weight is 512 g/mol. The summed E-state index contributed by atoms with van der Waals surface area (Å²) in [6.45, 7) is 3.82. The number of morpholine rings is 1. The van der Waals surface area contributed by atoms with Gasteiger partial charge in [0.2, 0.25) is 11.2 Å². The van der Waals surface area contributed by atoms with Crippen LogP contribution in [0.4, 0.5) is 17.2 Å². The van der Waals surface area contributed by atoms with Crippen molar-refractivity contribution in [2.24, 2.45) is 7.05 Å². The lowest BCUT2D eigenvalue weighted by molar-refractivity contribution is -0.565. The van der Waals surface area contributed by atoms with E-state index in [1.165, 1.54) is 0 Å². The minimum atomic E-state index is -0.170. The predicted octanol–water partition coefficient (Wildman–Crippen LogP) is 2.73. The maximum Gasteiger partial charge on any atom is 0.264 e. The van der Waals surface area contributed by atoms with Crippen LogP contribution in [0.2, 0.25) is 0 Å². The zero-order chi connectivity index (χ0) is 26.2. The molecule has 10 nitrogen and oxygen atoms in total. The Hall–Kier alpha value is -4.28. The van der Waals surface area contributed by atoms with Gasteiger partial charge in [0, 0.05) is 63.5 Å². The molecule has 0 amide bonds. The molecule has 0 saturated carbocycles. The first-order chi connectivity index (χ1) is 18.5. The van der Waals surface area contributed by atoms with Crippen molar-refractivity contribution in [3.8, 4) is 5.69 Å². The fourth-order valence-corrected chi connectivity index (χ4v) is 5.13. The van der Waals surface area contributed by atoms with E-state index in [0.29, 0.717) is 36.6 Å². The van der Waals surface area contributed by atoms with Gasteiger partial charge in [-0.25, -0.2) is 9.97 Å². The van der Waals surface area contributed by atoms with E-state index in [1.54, 1.807) is 12.4 Å². The normalized spacial score (nSPS) is 14.1. The van der Waals surface area contributed by atoms with Crippen LogP contribution in [0.3, 0.4) is 0 Å². The summed E-state index contributed by atoms with van der Waals surface area (Å²) < 4.78 is 9.56. The molecule has 0 aromatic carbocycles. The Morgan fingerprint density at radius 2 is 1.97 bits per heavy atom. The van der Waals surface area contributed by atoms with Crippen LogP contribution in [0, 0.1) is 0 Å². The Balaban J connectivity index is 1.43. The molecule has 1 aliphatic heterocycles. The minimum absolute atomic E-state index is 0.170. The number of hydrogen-bond acceptors (Lipinski definition) is 7. The predicted molar refractivity (Wildman–Crippen MR) is 148 cm³/mol. The molecule has 10 heteroatoms. The number of pyridine rings is 4. The summed E-state index contributed by atoms with van der Waals surface area (Å²) in [7, 11) is 6.05. The molecule has 194 valence electrons. The van der Waals surface area contributed by atoms with E-state index in [0.717, 1.165) is 46.7 Å². The van der Waals surface area contributed by atoms with Gasteiger partial charge >= 0.3 is 0 Å². The van der Waals surface area contributed by atoms with Gasteiger partial charge in [-0.05, 0) is 32.3 Å². The Morgan fingerprint density at radius 1 is 1.13 bits per heavy atom. The molecule has 1 fully saturated rings. The highest BCUT2D eigenvalue weighted by Gasteiger charge is 2.22. The van der Waals surface area contributed by atoms with E-state index in [2.05, 4.69) is 31.2 Å². The van der Waals surface area contributed by atoms with E-state index in [-0.39, 0.29) is 5.56 Å². The van der Waals surface area contributed by atoms with Gasteiger partial charge < -0.3 is 29.4 Å². The average Bonchev–Trinajstić information content (AvgIpc) is 3.30. The molecule has 0 atom stereocenters. The molecule has 1 saturated heterocycles. The van der Waals surface area contributed by atoms with Crippen LogP contribution in [0.15, 0.2) is 66.0 Å². The third-order valence-electron chi connectivity index (χ3n) is 6.89. The van der Waals surface area contributed by atoms with Crippen molar-refractivity contribution in [2.45, 2.75) is 6.54 Å². The van der Waals surface area contributed by atoms with Gasteiger partial charge in [0.25, 0.3) is 5.56 Å². The highest BCUT2D eigenvalue weighted by Crippen LogP contribution is 2.27. The van der Waals surface area contributed by atoms with Gasteiger partial charge in [-0.2, -0.15) is 4.57 Å². The fraction of sp³-hybridized carbons (Fsp3) is 0.286. The third kappa shape index (κ3) is 4.37. The van der Waals surface area contributed by atoms with Gasteiger partial charge in [0.15, 0.2) is 6.20 Å². The first-order valence-corrected chi connectivity index (χ1v) is 12.7. The molecule has 0 radical (unpaired) electrons. The number of aromatic nitrogens is 5. The van der Waals surface area contributed by atoms with E-state index in [9.17, 15) is 4.79 Å². The highest BCUT2D eigenvalue weighted by atomic mass is 16.5. The largest absolute Gasteiger partial charge is 0.378 e. The van der Waals surface area contributed by atoms with Crippen LogP contribution >= 0.6 is 0 Å². The number of nitrogens with one attached hydrogen (secondary N) is 2. The van der Waals surface area contributed by atoms with Gasteiger partial charge in [0.1, 0.15) is 16.9 Å². The Labute approximate surface area is 220 Å². The summed E-state index contributed by atoms with van der Waals surface area (Å²) in [5.74, 6) is 0.690. The minimum Gasteiger partial charge on any atom is -0.378 e. The van der Waals surface area contributed by atoms with Crippen molar-refractivity contribution in [2.75, 3.05) is 50.6 Å². The standard InChI is InChI=1S/C28H30N8O2/c1-33(2)18-21-23(35-14-16-38-17-15-35)4-5-25(32-21)31-20-9-13-36(24-7-11-30-28(37)26(20)24)22-6-10-29-27-19(22)8-12-34(27)3/h4-13H,14-18H2,1-3H3,(H,30,31,32,37)/p+1. The Morgan fingerprint density at radius 3 is 2.79 bits per heavy atom. The first-order valence-electron chi connectivity index (χ1n) is 12.7. The molecular weight excluding hydrogens is 480 g/mol. The van der Waals surface area contributed by atoms with Crippen LogP contribution in [0.5, 0.6) is 0 Å². The Bertz CT molecular complexity index is 1680. The molecule has 38 heavy (non-hydrogen) atoms. The molecule has 5 aromatic rings. The summed E-state index contributed by atoms with van der Waals surface area (Å²) in [4.78, 5) is 29.9. The van der Waals surface area contributed by atoms with Crippen LogP contribution in [0.25, 0.3) is 27.6 Å². The fourth-order valence-electron chi connectivity index (χ4n) is 5.13. The van der Waals surface area contributed by atoms with E-state index in [4.69, 9.17) is 9.72 Å². The molecule has 1 aliphatic rings. The second kappa shape index (κ2) is 9.88. The summed E-state index contributed by atoms with van der Waals surface area (Å²) in [6.07, 6.45) is 7.44. The first kappa shape index (κ1) is 24.1. The zero-order valence-electron chi connectivity index (χ0n) is 21.8. The SMILES string of the molecule is CN(C)Cc1nc(Nc2cc[n+](-c3ccnc4c3ccn4C)c3cc[nH]c(=O)c23)ccc1N1CCOCC1. The van der Waals surface area contributed by atoms with Gasteiger partial charge in [-0.1, -0.05) is 0 Å². The van der Waals surface area contributed by atoms with E-state index < -0.39 is 0 Å². The zero-order valence-corrected chi connectivity index (χ0v) is 21.8. The smallest absolute Gasteiger partial charge is 0.264 e. The molecule has 5 aromatic heterocycles. The summed E-state index contributed by atoms with van der Waals surface area (Å²) in [5, 5.41) is 5.00. The molecule has 0 aliphatic carbocycles. The maximum absolute atomic E-state index is 13.1. The summed E-state index contributed by atoms with van der Waals surface area (Å²) in [5.41, 5.74) is 5.25. The quantitative estimate of drug-likeness (QED) is 0.339. The second-order valence-corrected chi connectivity index (χ2v) is 9.78. The number of nitrogens with zero attached hydrogens (tertiary/aromatic N) is 6.